The molecule has 0 saturated carbocycles. The third kappa shape index (κ3) is 8.57. The minimum atomic E-state index is 0.0858. The van der Waals surface area contributed by atoms with Crippen molar-refractivity contribution in [2.75, 3.05) is 50.9 Å². The van der Waals surface area contributed by atoms with Crippen LogP contribution in [0.2, 0.25) is 0 Å². The van der Waals surface area contributed by atoms with Crippen LogP contribution in [0.4, 0.5) is 0 Å². The highest BCUT2D eigenvalue weighted by Gasteiger charge is 2.19. The van der Waals surface area contributed by atoms with Crippen molar-refractivity contribution in [2.24, 2.45) is 0 Å². The first-order valence-electron chi connectivity index (χ1n) is 7.58. The molecular formula is C13H22N2O2S6. The molecule has 0 bridgehead atoms. The molecule has 2 fully saturated rings. The largest absolute Gasteiger partial charge is 0.369 e. The SMILES string of the molecule is S=C(SSCCCSSC(=S)C1CNCCO1)C1CNCCO1. The molecule has 2 heterocycles. The maximum Gasteiger partial charge on any atom is 0.112 e. The number of nitrogens with one attached hydrogen (secondary N) is 2. The molecule has 10 heteroatoms. The third-order valence-corrected chi connectivity index (χ3v) is 9.56. The molecule has 132 valence electrons. The molecule has 0 aromatic rings. The molecule has 2 aliphatic rings. The van der Waals surface area contributed by atoms with Crippen LogP contribution in [0.5, 0.6) is 0 Å². The second-order valence-electron chi connectivity index (χ2n) is 4.93. The summed E-state index contributed by atoms with van der Waals surface area (Å²) in [7, 11) is 7.00. The van der Waals surface area contributed by atoms with Gasteiger partial charge < -0.3 is 20.1 Å². The highest BCUT2D eigenvalue weighted by Crippen LogP contribution is 2.30. The summed E-state index contributed by atoms with van der Waals surface area (Å²) in [5.74, 6) is 2.18. The Kier molecular flexibility index (Phi) is 11.5. The van der Waals surface area contributed by atoms with Crippen LogP contribution in [0.25, 0.3) is 0 Å². The van der Waals surface area contributed by atoms with E-state index < -0.39 is 0 Å². The molecule has 0 amide bonds. The summed E-state index contributed by atoms with van der Waals surface area (Å²) in [6.07, 6.45) is 1.32. The van der Waals surface area contributed by atoms with Gasteiger partial charge in [0.15, 0.2) is 0 Å². The molecule has 0 aromatic carbocycles. The van der Waals surface area contributed by atoms with Crippen LogP contribution in [0.15, 0.2) is 0 Å². The average Bonchev–Trinajstić information content (AvgIpc) is 2.62. The van der Waals surface area contributed by atoms with E-state index in [-0.39, 0.29) is 12.2 Å². The lowest BCUT2D eigenvalue weighted by molar-refractivity contribution is 0.0743. The molecule has 2 saturated heterocycles. The van der Waals surface area contributed by atoms with Crippen LogP contribution in [0.3, 0.4) is 0 Å². The van der Waals surface area contributed by atoms with Gasteiger partial charge in [-0.25, -0.2) is 0 Å². The molecule has 0 aromatic heterocycles. The van der Waals surface area contributed by atoms with Crippen LogP contribution in [-0.4, -0.2) is 71.5 Å². The maximum absolute atomic E-state index is 5.64. The average molecular weight is 431 g/mol. The monoisotopic (exact) mass is 430 g/mol. The Morgan fingerprint density at radius 2 is 1.35 bits per heavy atom. The van der Waals surface area contributed by atoms with Gasteiger partial charge >= 0.3 is 0 Å². The van der Waals surface area contributed by atoms with Crippen LogP contribution < -0.4 is 10.6 Å². The van der Waals surface area contributed by atoms with Crippen molar-refractivity contribution >= 4 is 76.0 Å². The molecule has 23 heavy (non-hydrogen) atoms. The van der Waals surface area contributed by atoms with Crippen molar-refractivity contribution in [1.29, 1.82) is 0 Å². The second kappa shape index (κ2) is 12.7. The Balaban J connectivity index is 1.43. The molecule has 0 spiro atoms. The second-order valence-corrected chi connectivity index (χ2v) is 11.2. The predicted octanol–water partition coefficient (Wildman–Crippen LogP) is 2.77. The number of hydrogen-bond donors (Lipinski definition) is 2. The van der Waals surface area contributed by atoms with Crippen LogP contribution in [-0.2, 0) is 9.47 Å². The van der Waals surface area contributed by atoms with Gasteiger partial charge in [0.25, 0.3) is 0 Å². The number of morpholine rings is 2. The van der Waals surface area contributed by atoms with Crippen molar-refractivity contribution in [3.8, 4) is 0 Å². The fraction of sp³-hybridized carbons (Fsp3) is 0.846. The topological polar surface area (TPSA) is 42.5 Å². The molecule has 2 N–H and O–H groups in total. The highest BCUT2D eigenvalue weighted by molar-refractivity contribution is 8.84. The fourth-order valence-electron chi connectivity index (χ4n) is 1.92. The van der Waals surface area contributed by atoms with Crippen LogP contribution in [0.1, 0.15) is 6.42 Å². The normalized spacial score (nSPS) is 25.2. The summed E-state index contributed by atoms with van der Waals surface area (Å²) < 4.78 is 13.2. The molecule has 0 radical (unpaired) electrons. The van der Waals surface area contributed by atoms with E-state index in [1.54, 1.807) is 21.6 Å². The molecule has 2 rings (SSSR count). The molecule has 4 nitrogen and oxygen atoms in total. The lowest BCUT2D eigenvalue weighted by Gasteiger charge is -2.23. The predicted molar refractivity (Wildman–Crippen MR) is 115 cm³/mol. The molecule has 2 aliphatic heterocycles. The summed E-state index contributed by atoms with van der Waals surface area (Å²) >= 11 is 10.8. The van der Waals surface area contributed by atoms with Crippen LogP contribution >= 0.6 is 67.6 Å². The zero-order chi connectivity index (χ0) is 16.3. The Hall–Kier alpha value is 1.42. The molecule has 2 unspecified atom stereocenters. The van der Waals surface area contributed by atoms with Gasteiger partial charge in [0, 0.05) is 37.7 Å². The number of rotatable bonds is 8. The van der Waals surface area contributed by atoms with Gasteiger partial charge in [0.05, 0.1) is 21.6 Å². The van der Waals surface area contributed by atoms with Gasteiger partial charge in [0.1, 0.15) is 12.2 Å². The minimum absolute atomic E-state index is 0.0858. The standard InChI is InChI=1S/C13H22N2O2S6/c18-12(10-8-14-2-4-16-10)22-20-6-1-7-21-23-13(19)11-9-15-3-5-17-11/h10-11,14-15H,1-9H2. The summed E-state index contributed by atoms with van der Waals surface area (Å²) in [5.41, 5.74) is 0. The quantitative estimate of drug-likeness (QED) is 0.341. The van der Waals surface area contributed by atoms with E-state index in [4.69, 9.17) is 33.9 Å². The van der Waals surface area contributed by atoms with E-state index in [1.807, 2.05) is 21.6 Å². The van der Waals surface area contributed by atoms with Crippen molar-refractivity contribution in [3.63, 3.8) is 0 Å². The van der Waals surface area contributed by atoms with Crippen LogP contribution in [0, 0.1) is 0 Å². The van der Waals surface area contributed by atoms with Gasteiger partial charge in [-0.2, -0.15) is 0 Å². The van der Waals surface area contributed by atoms with E-state index in [2.05, 4.69) is 10.6 Å². The maximum atomic E-state index is 5.64. The molecular weight excluding hydrogens is 409 g/mol. The van der Waals surface area contributed by atoms with E-state index in [1.165, 1.54) is 0 Å². The first-order valence-corrected chi connectivity index (χ1v) is 13.0. The third-order valence-electron chi connectivity index (χ3n) is 3.12. The highest BCUT2D eigenvalue weighted by atomic mass is 33.1. The lowest BCUT2D eigenvalue weighted by Crippen LogP contribution is -2.41. The summed E-state index contributed by atoms with van der Waals surface area (Å²) in [5, 5.41) is 6.61. The van der Waals surface area contributed by atoms with Crippen molar-refractivity contribution in [2.45, 2.75) is 18.6 Å². The fourth-order valence-corrected chi connectivity index (χ4v) is 7.26. The van der Waals surface area contributed by atoms with Crippen molar-refractivity contribution in [1.82, 2.24) is 10.6 Å². The summed E-state index contributed by atoms with van der Waals surface area (Å²) in [6.45, 7) is 5.04. The smallest absolute Gasteiger partial charge is 0.112 e. The summed E-state index contributed by atoms with van der Waals surface area (Å²) in [6, 6.07) is 0. The van der Waals surface area contributed by atoms with E-state index >= 15 is 0 Å². The molecule has 2 atom stereocenters. The number of thiocarbonyl (C=S) groups is 2. The van der Waals surface area contributed by atoms with E-state index in [0.29, 0.717) is 0 Å². The van der Waals surface area contributed by atoms with Crippen molar-refractivity contribution in [3.05, 3.63) is 0 Å². The Morgan fingerprint density at radius 3 is 1.74 bits per heavy atom. The zero-order valence-electron chi connectivity index (χ0n) is 12.8. The number of ether oxygens (including phenoxy) is 2. The Morgan fingerprint density at radius 1 is 0.870 bits per heavy atom. The van der Waals surface area contributed by atoms with Gasteiger partial charge in [-0.3, -0.25) is 0 Å². The van der Waals surface area contributed by atoms with Gasteiger partial charge in [0.2, 0.25) is 0 Å². The van der Waals surface area contributed by atoms with Gasteiger partial charge in [-0.05, 0) is 28.0 Å². The first kappa shape index (κ1) is 20.7. The summed E-state index contributed by atoms with van der Waals surface area (Å²) in [4.78, 5) is 0. The molecule has 0 aliphatic carbocycles. The van der Waals surface area contributed by atoms with Gasteiger partial charge in [-0.1, -0.05) is 46.0 Å². The number of hydrogen-bond acceptors (Lipinski definition) is 10. The first-order chi connectivity index (χ1) is 11.3. The van der Waals surface area contributed by atoms with E-state index in [9.17, 15) is 0 Å². The van der Waals surface area contributed by atoms with Crippen molar-refractivity contribution < 1.29 is 9.47 Å². The lowest BCUT2D eigenvalue weighted by atomic mass is 10.3. The Labute approximate surface area is 164 Å². The Bertz CT molecular complexity index is 341. The zero-order valence-corrected chi connectivity index (χ0v) is 17.7. The van der Waals surface area contributed by atoms with Gasteiger partial charge in [-0.15, -0.1) is 0 Å². The minimum Gasteiger partial charge on any atom is -0.369 e. The van der Waals surface area contributed by atoms with E-state index in [0.717, 1.165) is 65.7 Å².